The Labute approximate surface area is 92.4 Å². The summed E-state index contributed by atoms with van der Waals surface area (Å²) in [5, 5.41) is 0. The topological polar surface area (TPSA) is 34.1 Å². The van der Waals surface area contributed by atoms with Crippen LogP contribution in [0.1, 0.15) is 11.1 Å². The average Bonchev–Trinajstić information content (AvgIpc) is 1.96. The SMILES string of the molecule is Cc1cccc(CS(C)(=O)=O)c1I. The molecule has 0 aliphatic rings. The number of hydrogen-bond donors (Lipinski definition) is 0. The van der Waals surface area contributed by atoms with E-state index in [1.165, 1.54) is 6.26 Å². The van der Waals surface area contributed by atoms with Crippen LogP contribution in [0, 0.1) is 10.5 Å². The largest absolute Gasteiger partial charge is 0.229 e. The van der Waals surface area contributed by atoms with Crippen molar-refractivity contribution in [2.75, 3.05) is 6.26 Å². The zero-order valence-corrected chi connectivity index (χ0v) is 10.5. The zero-order valence-electron chi connectivity index (χ0n) is 7.54. The fourth-order valence-electron chi connectivity index (χ4n) is 1.10. The van der Waals surface area contributed by atoms with Crippen molar-refractivity contribution in [3.05, 3.63) is 32.9 Å². The third-order valence-electron chi connectivity index (χ3n) is 1.69. The van der Waals surface area contributed by atoms with E-state index < -0.39 is 9.84 Å². The van der Waals surface area contributed by atoms with Gasteiger partial charge in [0, 0.05) is 9.83 Å². The molecule has 0 saturated carbocycles. The average molecular weight is 310 g/mol. The predicted molar refractivity (Wildman–Crippen MR) is 62.4 cm³/mol. The minimum atomic E-state index is -2.92. The Kier molecular flexibility index (Phi) is 3.34. The Morgan fingerprint density at radius 2 is 2.00 bits per heavy atom. The van der Waals surface area contributed by atoms with E-state index >= 15 is 0 Å². The van der Waals surface area contributed by atoms with Crippen LogP contribution < -0.4 is 0 Å². The van der Waals surface area contributed by atoms with Gasteiger partial charge in [-0.15, -0.1) is 0 Å². The van der Waals surface area contributed by atoms with Crippen LogP contribution >= 0.6 is 22.6 Å². The first-order chi connectivity index (χ1) is 5.90. The molecule has 4 heteroatoms. The van der Waals surface area contributed by atoms with E-state index in [1.54, 1.807) is 0 Å². The van der Waals surface area contributed by atoms with Gasteiger partial charge in [0.15, 0.2) is 9.84 Å². The summed E-state index contributed by atoms with van der Waals surface area (Å²) < 4.78 is 23.2. The normalized spacial score (nSPS) is 11.6. The molecule has 0 saturated heterocycles. The van der Waals surface area contributed by atoms with Gasteiger partial charge >= 0.3 is 0 Å². The molecule has 0 aliphatic heterocycles. The quantitative estimate of drug-likeness (QED) is 0.784. The molecule has 0 atom stereocenters. The molecule has 0 aromatic heterocycles. The highest BCUT2D eigenvalue weighted by atomic mass is 127. The van der Waals surface area contributed by atoms with Gasteiger partial charge in [0.2, 0.25) is 0 Å². The Morgan fingerprint density at radius 1 is 1.38 bits per heavy atom. The van der Waals surface area contributed by atoms with Crippen LogP contribution in [0.25, 0.3) is 0 Å². The first kappa shape index (κ1) is 11.0. The van der Waals surface area contributed by atoms with Crippen molar-refractivity contribution in [2.45, 2.75) is 12.7 Å². The molecular weight excluding hydrogens is 299 g/mol. The summed E-state index contributed by atoms with van der Waals surface area (Å²) in [5.41, 5.74) is 2.02. The minimum Gasteiger partial charge on any atom is -0.229 e. The molecule has 0 spiro atoms. The van der Waals surface area contributed by atoms with Crippen LogP contribution in [0.3, 0.4) is 0 Å². The molecular formula is C9H11IO2S. The minimum absolute atomic E-state index is 0.132. The summed E-state index contributed by atoms with van der Waals surface area (Å²) in [5.74, 6) is 0.132. The van der Waals surface area contributed by atoms with E-state index in [0.29, 0.717) is 0 Å². The molecule has 0 unspecified atom stereocenters. The summed E-state index contributed by atoms with van der Waals surface area (Å²) in [6.45, 7) is 1.98. The van der Waals surface area contributed by atoms with Crippen molar-refractivity contribution in [3.63, 3.8) is 0 Å². The van der Waals surface area contributed by atoms with Gasteiger partial charge in [-0.2, -0.15) is 0 Å². The van der Waals surface area contributed by atoms with E-state index in [9.17, 15) is 8.42 Å². The van der Waals surface area contributed by atoms with Crippen molar-refractivity contribution in [2.24, 2.45) is 0 Å². The Bertz CT molecular complexity index is 410. The lowest BCUT2D eigenvalue weighted by Gasteiger charge is -2.05. The second-order valence-electron chi connectivity index (χ2n) is 3.12. The molecule has 0 heterocycles. The van der Waals surface area contributed by atoms with Crippen LogP contribution in [0.2, 0.25) is 0 Å². The van der Waals surface area contributed by atoms with Crippen molar-refractivity contribution in [1.29, 1.82) is 0 Å². The summed E-state index contributed by atoms with van der Waals surface area (Å²) >= 11 is 2.18. The van der Waals surface area contributed by atoms with Gasteiger partial charge < -0.3 is 0 Å². The molecule has 0 amide bonds. The first-order valence-electron chi connectivity index (χ1n) is 3.82. The second-order valence-corrected chi connectivity index (χ2v) is 6.34. The fraction of sp³-hybridized carbons (Fsp3) is 0.333. The maximum Gasteiger partial charge on any atom is 0.151 e. The van der Waals surface area contributed by atoms with Gasteiger partial charge in [0.1, 0.15) is 0 Å². The number of hydrogen-bond acceptors (Lipinski definition) is 2. The van der Waals surface area contributed by atoms with Gasteiger partial charge in [0.05, 0.1) is 5.75 Å². The Hall–Kier alpha value is -0.100. The number of rotatable bonds is 2. The lowest BCUT2D eigenvalue weighted by molar-refractivity contribution is 0.601. The van der Waals surface area contributed by atoms with Crippen molar-refractivity contribution in [1.82, 2.24) is 0 Å². The number of sulfone groups is 1. The van der Waals surface area contributed by atoms with E-state index in [-0.39, 0.29) is 5.75 Å². The second kappa shape index (κ2) is 3.96. The highest BCUT2D eigenvalue weighted by molar-refractivity contribution is 14.1. The third-order valence-corrected chi connectivity index (χ3v) is 4.07. The van der Waals surface area contributed by atoms with Gasteiger partial charge in [-0.25, -0.2) is 8.42 Å². The lowest BCUT2D eigenvalue weighted by Crippen LogP contribution is -2.03. The van der Waals surface area contributed by atoms with Crippen LogP contribution in [-0.2, 0) is 15.6 Å². The molecule has 2 nitrogen and oxygen atoms in total. The molecule has 0 aliphatic carbocycles. The van der Waals surface area contributed by atoms with Crippen LogP contribution in [0.5, 0.6) is 0 Å². The maximum atomic E-state index is 11.1. The number of aryl methyl sites for hydroxylation is 1. The summed E-state index contributed by atoms with van der Waals surface area (Å²) in [4.78, 5) is 0. The van der Waals surface area contributed by atoms with Gasteiger partial charge in [-0.05, 0) is 40.6 Å². The van der Waals surface area contributed by atoms with Crippen molar-refractivity contribution >= 4 is 32.4 Å². The Morgan fingerprint density at radius 3 is 2.54 bits per heavy atom. The van der Waals surface area contributed by atoms with E-state index in [0.717, 1.165) is 14.7 Å². The highest BCUT2D eigenvalue weighted by Crippen LogP contribution is 2.18. The summed E-state index contributed by atoms with van der Waals surface area (Å²) in [7, 11) is -2.92. The maximum absolute atomic E-state index is 11.1. The monoisotopic (exact) mass is 310 g/mol. The lowest BCUT2D eigenvalue weighted by atomic mass is 10.2. The predicted octanol–water partition coefficient (Wildman–Crippen LogP) is 2.14. The van der Waals surface area contributed by atoms with Crippen molar-refractivity contribution < 1.29 is 8.42 Å². The van der Waals surface area contributed by atoms with Crippen LogP contribution in [0.15, 0.2) is 18.2 Å². The Balaban J connectivity index is 3.10. The van der Waals surface area contributed by atoms with Crippen molar-refractivity contribution in [3.8, 4) is 0 Å². The van der Waals surface area contributed by atoms with Crippen LogP contribution in [0.4, 0.5) is 0 Å². The molecule has 0 N–H and O–H groups in total. The summed E-state index contributed by atoms with van der Waals surface area (Å²) in [6.07, 6.45) is 1.26. The molecule has 13 heavy (non-hydrogen) atoms. The molecule has 0 bridgehead atoms. The van der Waals surface area contributed by atoms with Crippen LogP contribution in [-0.4, -0.2) is 14.7 Å². The molecule has 1 rings (SSSR count). The summed E-state index contributed by atoms with van der Waals surface area (Å²) in [6, 6.07) is 5.72. The van der Waals surface area contributed by atoms with Gasteiger partial charge in [-0.3, -0.25) is 0 Å². The van der Waals surface area contributed by atoms with Gasteiger partial charge in [0.25, 0.3) is 0 Å². The van der Waals surface area contributed by atoms with Gasteiger partial charge in [-0.1, -0.05) is 18.2 Å². The molecule has 0 fully saturated rings. The van der Waals surface area contributed by atoms with E-state index in [2.05, 4.69) is 22.6 Å². The number of halogens is 1. The van der Waals surface area contributed by atoms with E-state index in [1.807, 2.05) is 25.1 Å². The molecule has 1 aromatic rings. The molecule has 0 radical (unpaired) electrons. The fourth-order valence-corrected chi connectivity index (χ4v) is 2.72. The number of benzene rings is 1. The van der Waals surface area contributed by atoms with E-state index in [4.69, 9.17) is 0 Å². The first-order valence-corrected chi connectivity index (χ1v) is 6.96. The highest BCUT2D eigenvalue weighted by Gasteiger charge is 2.08. The zero-order chi connectivity index (χ0) is 10.1. The third kappa shape index (κ3) is 3.27. The standard InChI is InChI=1S/C9H11IO2S/c1-7-4-3-5-8(9(7)10)6-13(2,11)12/h3-5H,6H2,1-2H3. The smallest absolute Gasteiger partial charge is 0.151 e. The molecule has 72 valence electrons. The molecule has 1 aromatic carbocycles.